The Bertz CT molecular complexity index is 637. The molecule has 0 N–H and O–H groups in total. The largest absolute Gasteiger partial charge is 0.416 e. The van der Waals surface area contributed by atoms with Crippen LogP contribution in [0.1, 0.15) is 10.5 Å². The van der Waals surface area contributed by atoms with Gasteiger partial charge >= 0.3 is 6.18 Å². The number of morpholine rings is 1. The number of hydrogen-bond donors (Lipinski definition) is 0. The van der Waals surface area contributed by atoms with Crippen LogP contribution in [0.15, 0.2) is 24.7 Å². The van der Waals surface area contributed by atoms with E-state index in [9.17, 15) is 18.0 Å². The lowest BCUT2D eigenvalue weighted by molar-refractivity contribution is -0.233. The van der Waals surface area contributed by atoms with Gasteiger partial charge < -0.3 is 9.64 Å². The lowest BCUT2D eigenvalue weighted by Crippen LogP contribution is -2.51. The third-order valence-electron chi connectivity index (χ3n) is 3.17. The maximum Gasteiger partial charge on any atom is 0.416 e. The Labute approximate surface area is 117 Å². The Hall–Kier alpha value is -2.16. The number of imidazole rings is 1. The molecule has 3 heterocycles. The third-order valence-corrected chi connectivity index (χ3v) is 3.17. The second-order valence-corrected chi connectivity index (χ2v) is 4.61. The maximum absolute atomic E-state index is 12.7. The van der Waals surface area contributed by atoms with Crippen LogP contribution in [0.25, 0.3) is 5.78 Å². The summed E-state index contributed by atoms with van der Waals surface area (Å²) in [6.07, 6.45) is -1.82. The van der Waals surface area contributed by atoms with E-state index in [1.54, 1.807) is 12.3 Å². The fraction of sp³-hybridized carbons (Fsp3) is 0.417. The molecule has 9 heteroatoms. The number of ether oxygens (including phenoxy) is 1. The van der Waals surface area contributed by atoms with Crippen LogP contribution in [0.5, 0.6) is 0 Å². The third kappa shape index (κ3) is 2.68. The Kier molecular flexibility index (Phi) is 3.28. The zero-order valence-corrected chi connectivity index (χ0v) is 10.7. The average molecular weight is 300 g/mol. The highest BCUT2D eigenvalue weighted by Crippen LogP contribution is 2.26. The van der Waals surface area contributed by atoms with E-state index in [4.69, 9.17) is 0 Å². The zero-order chi connectivity index (χ0) is 15.0. The van der Waals surface area contributed by atoms with Crippen LogP contribution in [-0.2, 0) is 4.74 Å². The summed E-state index contributed by atoms with van der Waals surface area (Å²) in [6, 6.07) is 1.66. The first kappa shape index (κ1) is 13.8. The highest BCUT2D eigenvalue weighted by molar-refractivity contribution is 5.92. The predicted molar refractivity (Wildman–Crippen MR) is 64.7 cm³/mol. The summed E-state index contributed by atoms with van der Waals surface area (Å²) < 4.78 is 44.2. The molecule has 1 saturated heterocycles. The quantitative estimate of drug-likeness (QED) is 0.792. The molecule has 3 rings (SSSR count). The highest BCUT2D eigenvalue weighted by atomic mass is 19.4. The van der Waals surface area contributed by atoms with Crippen LogP contribution in [0.2, 0.25) is 0 Å². The number of fused-ring (bicyclic) bond motifs is 1. The van der Waals surface area contributed by atoms with Crippen molar-refractivity contribution in [3.63, 3.8) is 0 Å². The number of halogens is 3. The lowest BCUT2D eigenvalue weighted by Gasteiger charge is -2.33. The molecule has 1 aliphatic rings. The first-order valence-corrected chi connectivity index (χ1v) is 6.22. The fourth-order valence-corrected chi connectivity index (χ4v) is 2.13. The van der Waals surface area contributed by atoms with E-state index >= 15 is 0 Å². The van der Waals surface area contributed by atoms with Crippen molar-refractivity contribution in [3.05, 3.63) is 30.4 Å². The average Bonchev–Trinajstić information content (AvgIpc) is 2.89. The summed E-state index contributed by atoms with van der Waals surface area (Å²) in [6.45, 7) is -0.572. The summed E-state index contributed by atoms with van der Waals surface area (Å²) in [5.74, 6) is -0.237. The molecule has 1 unspecified atom stereocenters. The number of alkyl halides is 3. The summed E-state index contributed by atoms with van der Waals surface area (Å²) in [5.41, 5.74) is 0.0662. The van der Waals surface area contributed by atoms with Gasteiger partial charge in [-0.15, -0.1) is 0 Å². The molecule has 1 atom stereocenters. The molecule has 6 nitrogen and oxygen atoms in total. The Morgan fingerprint density at radius 2 is 2.24 bits per heavy atom. The van der Waals surface area contributed by atoms with Crippen molar-refractivity contribution in [2.45, 2.75) is 12.3 Å². The molecule has 1 fully saturated rings. The Morgan fingerprint density at radius 1 is 1.43 bits per heavy atom. The number of rotatable bonds is 1. The first-order valence-electron chi connectivity index (χ1n) is 6.22. The van der Waals surface area contributed by atoms with Crippen LogP contribution >= 0.6 is 0 Å². The fourth-order valence-electron chi connectivity index (χ4n) is 2.13. The first-order chi connectivity index (χ1) is 9.95. The standard InChI is InChI=1S/C12H11F3N4O2/c13-12(14,15)9-7-18(4-5-21-9)10(20)8-6-19-3-1-2-16-11(19)17-8/h1-3,6,9H,4-5,7H2. The van der Waals surface area contributed by atoms with Crippen molar-refractivity contribution in [1.82, 2.24) is 19.3 Å². The van der Waals surface area contributed by atoms with Gasteiger partial charge in [-0.25, -0.2) is 9.97 Å². The normalized spacial score (nSPS) is 20.0. The lowest BCUT2D eigenvalue weighted by atomic mass is 10.2. The molecule has 0 spiro atoms. The van der Waals surface area contributed by atoms with Crippen molar-refractivity contribution < 1.29 is 22.7 Å². The van der Waals surface area contributed by atoms with Gasteiger partial charge in [0.25, 0.3) is 5.91 Å². The Balaban J connectivity index is 1.81. The van der Waals surface area contributed by atoms with Gasteiger partial charge in [-0.2, -0.15) is 13.2 Å². The molecule has 0 bridgehead atoms. The Morgan fingerprint density at radius 3 is 2.95 bits per heavy atom. The van der Waals surface area contributed by atoms with Crippen LogP contribution in [0.4, 0.5) is 13.2 Å². The van der Waals surface area contributed by atoms with Gasteiger partial charge in [0.2, 0.25) is 5.78 Å². The molecular weight excluding hydrogens is 289 g/mol. The molecule has 21 heavy (non-hydrogen) atoms. The number of carbonyl (C=O) groups is 1. The van der Waals surface area contributed by atoms with Gasteiger partial charge in [-0.05, 0) is 6.07 Å². The van der Waals surface area contributed by atoms with Crippen LogP contribution in [0, 0.1) is 0 Å². The molecule has 0 radical (unpaired) electrons. The maximum atomic E-state index is 12.7. The van der Waals surface area contributed by atoms with E-state index in [2.05, 4.69) is 14.7 Å². The topological polar surface area (TPSA) is 59.7 Å². The highest BCUT2D eigenvalue weighted by Gasteiger charge is 2.44. The van der Waals surface area contributed by atoms with Crippen molar-refractivity contribution in [2.75, 3.05) is 19.7 Å². The number of carbonyl (C=O) groups excluding carboxylic acids is 1. The molecule has 1 aliphatic heterocycles. The molecule has 0 saturated carbocycles. The smallest absolute Gasteiger partial charge is 0.365 e. The molecule has 2 aromatic heterocycles. The van der Waals surface area contributed by atoms with Crippen molar-refractivity contribution in [3.8, 4) is 0 Å². The second-order valence-electron chi connectivity index (χ2n) is 4.61. The summed E-state index contributed by atoms with van der Waals surface area (Å²) in [7, 11) is 0. The van der Waals surface area contributed by atoms with Crippen molar-refractivity contribution in [1.29, 1.82) is 0 Å². The minimum atomic E-state index is -4.49. The molecular formula is C12H11F3N4O2. The van der Waals surface area contributed by atoms with E-state index in [-0.39, 0.29) is 18.8 Å². The van der Waals surface area contributed by atoms with Crippen LogP contribution in [-0.4, -0.2) is 57.2 Å². The monoisotopic (exact) mass is 300 g/mol. The van der Waals surface area contributed by atoms with E-state index in [1.807, 2.05) is 0 Å². The predicted octanol–water partition coefficient (Wildman–Crippen LogP) is 1.13. The SMILES string of the molecule is O=C(c1cn2cccnc2n1)N1CCOC(C(F)(F)F)C1. The number of hydrogen-bond acceptors (Lipinski definition) is 4. The zero-order valence-electron chi connectivity index (χ0n) is 10.7. The van der Waals surface area contributed by atoms with E-state index in [0.29, 0.717) is 5.78 Å². The molecule has 0 aromatic carbocycles. The van der Waals surface area contributed by atoms with Gasteiger partial charge in [0.1, 0.15) is 5.69 Å². The van der Waals surface area contributed by atoms with Crippen LogP contribution in [0.3, 0.4) is 0 Å². The van der Waals surface area contributed by atoms with Gasteiger partial charge in [-0.1, -0.05) is 0 Å². The summed E-state index contributed by atoms with van der Waals surface area (Å²) in [4.78, 5) is 21.3. The molecule has 1 amide bonds. The molecule has 2 aromatic rings. The number of nitrogens with zero attached hydrogens (tertiary/aromatic N) is 4. The van der Waals surface area contributed by atoms with Crippen molar-refractivity contribution >= 4 is 11.7 Å². The van der Waals surface area contributed by atoms with E-state index in [0.717, 1.165) is 4.90 Å². The van der Waals surface area contributed by atoms with Gasteiger partial charge in [0.15, 0.2) is 6.10 Å². The molecule has 112 valence electrons. The van der Waals surface area contributed by atoms with Gasteiger partial charge in [0.05, 0.1) is 13.2 Å². The van der Waals surface area contributed by atoms with Gasteiger partial charge in [-0.3, -0.25) is 9.20 Å². The second kappa shape index (κ2) is 4.99. The van der Waals surface area contributed by atoms with Crippen LogP contribution < -0.4 is 0 Å². The number of amides is 1. The summed E-state index contributed by atoms with van der Waals surface area (Å²) in [5, 5.41) is 0. The minimum absolute atomic E-state index is 0.0662. The number of aromatic nitrogens is 3. The van der Waals surface area contributed by atoms with Crippen molar-refractivity contribution in [2.24, 2.45) is 0 Å². The van der Waals surface area contributed by atoms with E-state index < -0.39 is 24.7 Å². The van der Waals surface area contributed by atoms with Gasteiger partial charge in [0, 0.05) is 25.1 Å². The molecule has 0 aliphatic carbocycles. The van der Waals surface area contributed by atoms with E-state index in [1.165, 1.54) is 16.8 Å². The minimum Gasteiger partial charge on any atom is -0.365 e. The summed E-state index contributed by atoms with van der Waals surface area (Å²) >= 11 is 0.